The summed E-state index contributed by atoms with van der Waals surface area (Å²) in [6.45, 7) is 0. The smallest absolute Gasteiger partial charge is 0.302 e. The van der Waals surface area contributed by atoms with E-state index in [-0.39, 0.29) is 12.3 Å². The van der Waals surface area contributed by atoms with Gasteiger partial charge in [-0.3, -0.25) is 4.79 Å². The highest BCUT2D eigenvalue weighted by molar-refractivity contribution is 7.22. The number of alkyl halides is 3. The van der Waals surface area contributed by atoms with E-state index in [0.717, 1.165) is 22.3 Å². The number of hydrogen-bond donors (Lipinski definition) is 1. The molecule has 3 nitrogen and oxygen atoms in total. The van der Waals surface area contributed by atoms with Crippen LogP contribution in [0.15, 0.2) is 48.5 Å². The number of anilines is 1. The molecule has 0 radical (unpaired) electrons. The molecule has 0 aliphatic rings. The predicted octanol–water partition coefficient (Wildman–Crippen LogP) is 4.50. The minimum absolute atomic E-state index is 0.00589. The second-order valence-electron chi connectivity index (χ2n) is 4.91. The van der Waals surface area contributed by atoms with Gasteiger partial charge in [0.05, 0.1) is 22.2 Å². The van der Waals surface area contributed by atoms with E-state index in [1.807, 2.05) is 24.3 Å². The van der Waals surface area contributed by atoms with Crippen LogP contribution in [0.1, 0.15) is 11.1 Å². The molecule has 0 saturated heterocycles. The third-order valence-electron chi connectivity index (χ3n) is 3.19. The average Bonchev–Trinajstić information content (AvgIpc) is 2.88. The number of fused-ring (bicyclic) bond motifs is 1. The summed E-state index contributed by atoms with van der Waals surface area (Å²) in [5.41, 5.74) is 0.576. The van der Waals surface area contributed by atoms with Gasteiger partial charge in [-0.05, 0) is 29.8 Å². The number of halogens is 3. The van der Waals surface area contributed by atoms with Crippen molar-refractivity contribution in [3.05, 3.63) is 59.7 Å². The summed E-state index contributed by atoms with van der Waals surface area (Å²) in [5.74, 6) is -0.316. The molecule has 0 bridgehead atoms. The maximum absolute atomic E-state index is 12.5. The number of thiazole rings is 1. The van der Waals surface area contributed by atoms with Gasteiger partial charge in [-0.2, -0.15) is 13.2 Å². The minimum Gasteiger partial charge on any atom is -0.302 e. The summed E-state index contributed by atoms with van der Waals surface area (Å²) in [5, 5.41) is 3.15. The maximum atomic E-state index is 12.5. The van der Waals surface area contributed by atoms with Crippen LogP contribution in [0.2, 0.25) is 0 Å². The molecule has 118 valence electrons. The molecule has 0 unspecified atom stereocenters. The molecule has 0 aliphatic heterocycles. The van der Waals surface area contributed by atoms with Gasteiger partial charge in [-0.15, -0.1) is 0 Å². The molecule has 7 heteroatoms. The van der Waals surface area contributed by atoms with Crippen molar-refractivity contribution < 1.29 is 18.0 Å². The lowest BCUT2D eigenvalue weighted by Gasteiger charge is -2.07. The summed E-state index contributed by atoms with van der Waals surface area (Å²) in [6, 6.07) is 12.0. The second-order valence-corrected chi connectivity index (χ2v) is 5.94. The van der Waals surface area contributed by atoms with Crippen LogP contribution in [0.4, 0.5) is 18.3 Å². The quantitative estimate of drug-likeness (QED) is 0.765. The molecule has 2 aromatic carbocycles. The zero-order chi connectivity index (χ0) is 16.4. The van der Waals surface area contributed by atoms with Crippen molar-refractivity contribution in [3.8, 4) is 0 Å². The van der Waals surface area contributed by atoms with E-state index in [9.17, 15) is 18.0 Å². The van der Waals surface area contributed by atoms with Crippen LogP contribution in [0.5, 0.6) is 0 Å². The standard InChI is InChI=1S/C16H11F3N2OS/c17-16(18,19)11-7-5-10(6-8-11)9-14(22)21-15-20-12-3-1-2-4-13(12)23-15/h1-8H,9H2,(H,20,21,22). The Morgan fingerprint density at radius 3 is 2.43 bits per heavy atom. The van der Waals surface area contributed by atoms with Crippen LogP contribution in [0.3, 0.4) is 0 Å². The number of aromatic nitrogens is 1. The van der Waals surface area contributed by atoms with Gasteiger partial charge in [0.25, 0.3) is 0 Å². The van der Waals surface area contributed by atoms with Crippen LogP contribution in [0, 0.1) is 0 Å². The molecule has 0 fully saturated rings. The van der Waals surface area contributed by atoms with Gasteiger partial charge in [0.1, 0.15) is 0 Å². The number of amides is 1. The molecule has 3 rings (SSSR count). The molecule has 1 aromatic heterocycles. The summed E-state index contributed by atoms with van der Waals surface area (Å²) in [6.07, 6.45) is -4.38. The van der Waals surface area contributed by atoms with E-state index in [0.29, 0.717) is 10.7 Å². The molecule has 0 spiro atoms. The number of rotatable bonds is 3. The molecule has 0 aliphatic carbocycles. The predicted molar refractivity (Wildman–Crippen MR) is 83.4 cm³/mol. The highest BCUT2D eigenvalue weighted by atomic mass is 32.1. The third kappa shape index (κ3) is 3.68. The van der Waals surface area contributed by atoms with Crippen LogP contribution in [-0.2, 0) is 17.4 Å². The minimum atomic E-state index is -4.37. The van der Waals surface area contributed by atoms with E-state index in [4.69, 9.17) is 0 Å². The molecule has 1 N–H and O–H groups in total. The van der Waals surface area contributed by atoms with Crippen molar-refractivity contribution in [2.75, 3.05) is 5.32 Å². The topological polar surface area (TPSA) is 42.0 Å². The fraction of sp³-hybridized carbons (Fsp3) is 0.125. The van der Waals surface area contributed by atoms with Crippen molar-refractivity contribution in [1.29, 1.82) is 0 Å². The molecule has 23 heavy (non-hydrogen) atoms. The Hall–Kier alpha value is -2.41. The molecule has 1 amide bonds. The first kappa shape index (κ1) is 15.5. The zero-order valence-electron chi connectivity index (χ0n) is 11.7. The number of benzene rings is 2. The summed E-state index contributed by atoms with van der Waals surface area (Å²) < 4.78 is 38.4. The number of carbonyl (C=O) groups excluding carboxylic acids is 1. The lowest BCUT2D eigenvalue weighted by molar-refractivity contribution is -0.137. The van der Waals surface area contributed by atoms with E-state index in [1.165, 1.54) is 23.5 Å². The first-order valence-electron chi connectivity index (χ1n) is 6.73. The Morgan fingerprint density at radius 2 is 1.78 bits per heavy atom. The lowest BCUT2D eigenvalue weighted by Crippen LogP contribution is -2.14. The normalized spacial score (nSPS) is 11.6. The highest BCUT2D eigenvalue weighted by Crippen LogP contribution is 2.29. The number of nitrogens with zero attached hydrogens (tertiary/aromatic N) is 1. The monoisotopic (exact) mass is 336 g/mol. The third-order valence-corrected chi connectivity index (χ3v) is 4.14. The van der Waals surface area contributed by atoms with Gasteiger partial charge in [0.15, 0.2) is 5.13 Å². The number of hydrogen-bond acceptors (Lipinski definition) is 3. The van der Waals surface area contributed by atoms with Crippen molar-refractivity contribution in [1.82, 2.24) is 4.98 Å². The number of para-hydroxylation sites is 1. The summed E-state index contributed by atoms with van der Waals surface area (Å²) in [4.78, 5) is 16.3. The van der Waals surface area contributed by atoms with Gasteiger partial charge in [0.2, 0.25) is 5.91 Å². The molecule has 1 heterocycles. The molecule has 3 aromatic rings. The molecular weight excluding hydrogens is 325 g/mol. The van der Waals surface area contributed by atoms with Crippen LogP contribution in [0.25, 0.3) is 10.2 Å². The Bertz CT molecular complexity index is 807. The van der Waals surface area contributed by atoms with Crippen molar-refractivity contribution in [2.45, 2.75) is 12.6 Å². The molecule has 0 saturated carbocycles. The first-order chi connectivity index (χ1) is 10.9. The van der Waals surface area contributed by atoms with Gasteiger partial charge in [-0.25, -0.2) is 4.98 Å². The Morgan fingerprint density at radius 1 is 1.09 bits per heavy atom. The van der Waals surface area contributed by atoms with Gasteiger partial charge in [0, 0.05) is 0 Å². The van der Waals surface area contributed by atoms with E-state index in [1.54, 1.807) is 0 Å². The SMILES string of the molecule is O=C(Cc1ccc(C(F)(F)F)cc1)Nc1nc2ccccc2s1. The average molecular weight is 336 g/mol. The maximum Gasteiger partial charge on any atom is 0.416 e. The van der Waals surface area contributed by atoms with Crippen LogP contribution in [-0.4, -0.2) is 10.9 Å². The lowest BCUT2D eigenvalue weighted by atomic mass is 10.1. The first-order valence-corrected chi connectivity index (χ1v) is 7.55. The van der Waals surface area contributed by atoms with E-state index >= 15 is 0 Å². The summed E-state index contributed by atoms with van der Waals surface area (Å²) in [7, 11) is 0. The Labute approximate surface area is 133 Å². The van der Waals surface area contributed by atoms with Gasteiger partial charge < -0.3 is 5.32 Å². The van der Waals surface area contributed by atoms with E-state index < -0.39 is 11.7 Å². The Balaban J connectivity index is 1.67. The second kappa shape index (κ2) is 6.00. The van der Waals surface area contributed by atoms with Crippen molar-refractivity contribution >= 4 is 32.6 Å². The van der Waals surface area contributed by atoms with Crippen LogP contribution < -0.4 is 5.32 Å². The number of carbonyl (C=O) groups is 1. The largest absolute Gasteiger partial charge is 0.416 e. The zero-order valence-corrected chi connectivity index (χ0v) is 12.5. The Kier molecular flexibility index (Phi) is 4.04. The van der Waals surface area contributed by atoms with Crippen molar-refractivity contribution in [3.63, 3.8) is 0 Å². The van der Waals surface area contributed by atoms with E-state index in [2.05, 4.69) is 10.3 Å². The molecule has 0 atom stereocenters. The fourth-order valence-electron chi connectivity index (χ4n) is 2.09. The summed E-state index contributed by atoms with van der Waals surface area (Å²) >= 11 is 1.35. The van der Waals surface area contributed by atoms with Crippen molar-refractivity contribution in [2.24, 2.45) is 0 Å². The number of nitrogens with one attached hydrogen (secondary N) is 1. The van der Waals surface area contributed by atoms with Crippen LogP contribution >= 0.6 is 11.3 Å². The van der Waals surface area contributed by atoms with Gasteiger partial charge >= 0.3 is 6.18 Å². The molecular formula is C16H11F3N2OS. The fourth-order valence-corrected chi connectivity index (χ4v) is 2.97. The van der Waals surface area contributed by atoms with Gasteiger partial charge in [-0.1, -0.05) is 35.6 Å². The highest BCUT2D eigenvalue weighted by Gasteiger charge is 2.29.